The van der Waals surface area contributed by atoms with Crippen LogP contribution in [0.2, 0.25) is 0 Å². The van der Waals surface area contributed by atoms with Crippen LogP contribution in [-0.4, -0.2) is 26.0 Å². The molecule has 9 heteroatoms. The minimum atomic E-state index is -1.26. The van der Waals surface area contributed by atoms with Gasteiger partial charge in [-0.3, -0.25) is 10.1 Å². The summed E-state index contributed by atoms with van der Waals surface area (Å²) in [4.78, 5) is 30.2. The Balaban J connectivity index is 2.19. The molecule has 0 aliphatic rings. The first-order valence-corrected chi connectivity index (χ1v) is 6.88. The molecule has 0 bridgehead atoms. The zero-order chi connectivity index (χ0) is 15.4. The fraction of sp³-hybridized carbons (Fsp3) is 0.250. The van der Waals surface area contributed by atoms with E-state index >= 15 is 0 Å². The van der Waals surface area contributed by atoms with Gasteiger partial charge in [0.1, 0.15) is 5.01 Å². The minimum Gasteiger partial charge on any atom is -0.478 e. The average Bonchev–Trinajstić information content (AvgIpc) is 2.92. The lowest BCUT2D eigenvalue weighted by atomic mass is 10.2. The maximum atomic E-state index is 11.0. The second-order valence-corrected chi connectivity index (χ2v) is 5.28. The molecule has 0 aliphatic heterocycles. The van der Waals surface area contributed by atoms with Gasteiger partial charge in [-0.25, -0.2) is 14.8 Å². The summed E-state index contributed by atoms with van der Waals surface area (Å²) in [6.45, 7) is 2.31. The molecule has 2 aromatic rings. The van der Waals surface area contributed by atoms with Gasteiger partial charge in [0.15, 0.2) is 0 Å². The summed E-state index contributed by atoms with van der Waals surface area (Å²) in [6, 6.07) is 0.983. The first kappa shape index (κ1) is 14.9. The SMILES string of the molecule is CCc1cnc(CNc2ncc(C(=O)O)cc2[N+](=O)[O-])s1. The molecule has 21 heavy (non-hydrogen) atoms. The molecule has 2 rings (SSSR count). The highest BCUT2D eigenvalue weighted by Crippen LogP contribution is 2.24. The van der Waals surface area contributed by atoms with Crippen LogP contribution in [0, 0.1) is 10.1 Å². The van der Waals surface area contributed by atoms with E-state index in [1.54, 1.807) is 6.20 Å². The Morgan fingerprint density at radius 3 is 2.81 bits per heavy atom. The van der Waals surface area contributed by atoms with Gasteiger partial charge in [0.25, 0.3) is 0 Å². The van der Waals surface area contributed by atoms with Crippen LogP contribution >= 0.6 is 11.3 Å². The summed E-state index contributed by atoms with van der Waals surface area (Å²) >= 11 is 1.51. The first-order chi connectivity index (χ1) is 10.0. The second kappa shape index (κ2) is 6.27. The molecule has 0 fully saturated rings. The van der Waals surface area contributed by atoms with Crippen LogP contribution in [0.3, 0.4) is 0 Å². The van der Waals surface area contributed by atoms with E-state index in [1.165, 1.54) is 11.3 Å². The molecule has 0 spiro atoms. The number of thiazole rings is 1. The van der Waals surface area contributed by atoms with Gasteiger partial charge < -0.3 is 10.4 Å². The smallest absolute Gasteiger partial charge is 0.337 e. The maximum Gasteiger partial charge on any atom is 0.337 e. The number of anilines is 1. The molecule has 0 saturated carbocycles. The van der Waals surface area contributed by atoms with Crippen molar-refractivity contribution >= 4 is 28.8 Å². The third kappa shape index (κ3) is 3.51. The molecule has 0 unspecified atom stereocenters. The van der Waals surface area contributed by atoms with Crippen molar-refractivity contribution in [1.82, 2.24) is 9.97 Å². The summed E-state index contributed by atoms with van der Waals surface area (Å²) in [5.41, 5.74) is -0.600. The number of aromatic carboxylic acids is 1. The number of carbonyl (C=O) groups is 1. The number of nitrogens with one attached hydrogen (secondary N) is 1. The number of carboxylic acids is 1. The van der Waals surface area contributed by atoms with Crippen molar-refractivity contribution < 1.29 is 14.8 Å². The Bertz CT molecular complexity index is 686. The molecule has 0 radical (unpaired) electrons. The molecule has 110 valence electrons. The predicted octanol–water partition coefficient (Wildman–Crippen LogP) is 2.32. The van der Waals surface area contributed by atoms with Crippen molar-refractivity contribution in [2.45, 2.75) is 19.9 Å². The normalized spacial score (nSPS) is 10.3. The van der Waals surface area contributed by atoms with Crippen LogP contribution in [-0.2, 0) is 13.0 Å². The molecule has 0 atom stereocenters. The van der Waals surface area contributed by atoms with E-state index in [0.717, 1.165) is 28.6 Å². The second-order valence-electron chi connectivity index (χ2n) is 4.08. The monoisotopic (exact) mass is 308 g/mol. The zero-order valence-electron chi connectivity index (χ0n) is 11.1. The van der Waals surface area contributed by atoms with Crippen LogP contribution in [0.5, 0.6) is 0 Å². The molecule has 0 aliphatic carbocycles. The van der Waals surface area contributed by atoms with Crippen LogP contribution in [0.25, 0.3) is 0 Å². The van der Waals surface area contributed by atoms with Gasteiger partial charge in [-0.05, 0) is 6.42 Å². The molecule has 0 saturated heterocycles. The maximum absolute atomic E-state index is 11.0. The van der Waals surface area contributed by atoms with E-state index in [4.69, 9.17) is 5.11 Å². The summed E-state index contributed by atoms with van der Waals surface area (Å²) in [7, 11) is 0. The highest BCUT2D eigenvalue weighted by Gasteiger charge is 2.19. The molecular formula is C12H12N4O4S. The summed E-state index contributed by atoms with van der Waals surface area (Å²) < 4.78 is 0. The number of rotatable bonds is 6. The Hall–Kier alpha value is -2.55. The highest BCUT2D eigenvalue weighted by molar-refractivity contribution is 7.11. The molecule has 2 aromatic heterocycles. The number of nitro groups is 1. The number of hydrogen-bond donors (Lipinski definition) is 2. The number of nitrogens with zero attached hydrogens (tertiary/aromatic N) is 3. The number of aryl methyl sites for hydroxylation is 1. The van der Waals surface area contributed by atoms with Crippen LogP contribution in [0.4, 0.5) is 11.5 Å². The van der Waals surface area contributed by atoms with Crippen molar-refractivity contribution in [3.05, 3.63) is 44.0 Å². The number of hydrogen-bond acceptors (Lipinski definition) is 7. The number of carboxylic acid groups (broad SMARTS) is 1. The Kier molecular flexibility index (Phi) is 4.43. The Morgan fingerprint density at radius 2 is 2.24 bits per heavy atom. The van der Waals surface area contributed by atoms with Gasteiger partial charge >= 0.3 is 11.7 Å². The highest BCUT2D eigenvalue weighted by atomic mass is 32.1. The van der Waals surface area contributed by atoms with E-state index in [-0.39, 0.29) is 17.1 Å². The van der Waals surface area contributed by atoms with Gasteiger partial charge in [-0.2, -0.15) is 0 Å². The Morgan fingerprint density at radius 1 is 1.48 bits per heavy atom. The fourth-order valence-electron chi connectivity index (χ4n) is 1.60. The number of pyridine rings is 1. The van der Waals surface area contributed by atoms with Crippen molar-refractivity contribution in [3.63, 3.8) is 0 Å². The molecular weight excluding hydrogens is 296 g/mol. The van der Waals surface area contributed by atoms with E-state index in [2.05, 4.69) is 15.3 Å². The molecule has 8 nitrogen and oxygen atoms in total. The van der Waals surface area contributed by atoms with E-state index in [9.17, 15) is 14.9 Å². The quantitative estimate of drug-likeness (QED) is 0.621. The summed E-state index contributed by atoms with van der Waals surface area (Å²) in [5, 5.41) is 23.4. The lowest BCUT2D eigenvalue weighted by Gasteiger charge is -2.04. The van der Waals surface area contributed by atoms with Gasteiger partial charge in [0.2, 0.25) is 5.82 Å². The van der Waals surface area contributed by atoms with Gasteiger partial charge in [-0.1, -0.05) is 6.92 Å². The van der Waals surface area contributed by atoms with Crippen LogP contribution < -0.4 is 5.32 Å². The predicted molar refractivity (Wildman–Crippen MR) is 76.7 cm³/mol. The lowest BCUT2D eigenvalue weighted by molar-refractivity contribution is -0.384. The van der Waals surface area contributed by atoms with Crippen molar-refractivity contribution in [2.24, 2.45) is 0 Å². The Labute approximate surface area is 123 Å². The molecule has 2 heterocycles. The topological polar surface area (TPSA) is 118 Å². The standard InChI is InChI=1S/C12H12N4O4S/c1-2-8-5-13-10(21-8)6-15-11-9(16(19)20)3-7(4-14-11)12(17)18/h3-5H,2,6H2,1H3,(H,14,15)(H,17,18). The third-order valence-corrected chi connectivity index (χ3v) is 3.81. The summed E-state index contributed by atoms with van der Waals surface area (Å²) in [5.74, 6) is -1.23. The van der Waals surface area contributed by atoms with E-state index in [0.29, 0.717) is 6.54 Å². The lowest BCUT2D eigenvalue weighted by Crippen LogP contribution is -2.07. The van der Waals surface area contributed by atoms with Crippen molar-refractivity contribution in [1.29, 1.82) is 0 Å². The minimum absolute atomic E-state index is 0.0262. The van der Waals surface area contributed by atoms with Crippen molar-refractivity contribution in [2.75, 3.05) is 5.32 Å². The van der Waals surface area contributed by atoms with E-state index < -0.39 is 10.9 Å². The summed E-state index contributed by atoms with van der Waals surface area (Å²) in [6.07, 6.45) is 3.72. The fourth-order valence-corrected chi connectivity index (χ4v) is 2.40. The van der Waals surface area contributed by atoms with Crippen LogP contribution in [0.1, 0.15) is 27.2 Å². The van der Waals surface area contributed by atoms with Crippen LogP contribution in [0.15, 0.2) is 18.5 Å². The third-order valence-electron chi connectivity index (χ3n) is 2.67. The zero-order valence-corrected chi connectivity index (χ0v) is 11.9. The van der Waals surface area contributed by atoms with Gasteiger partial charge in [-0.15, -0.1) is 11.3 Å². The number of aromatic nitrogens is 2. The van der Waals surface area contributed by atoms with Gasteiger partial charge in [0, 0.05) is 23.3 Å². The van der Waals surface area contributed by atoms with Crippen molar-refractivity contribution in [3.8, 4) is 0 Å². The molecule has 2 N–H and O–H groups in total. The van der Waals surface area contributed by atoms with Gasteiger partial charge in [0.05, 0.1) is 17.0 Å². The van der Waals surface area contributed by atoms with E-state index in [1.807, 2.05) is 6.92 Å². The molecule has 0 amide bonds. The average molecular weight is 308 g/mol. The first-order valence-electron chi connectivity index (χ1n) is 6.06. The molecule has 0 aromatic carbocycles. The largest absolute Gasteiger partial charge is 0.478 e.